The summed E-state index contributed by atoms with van der Waals surface area (Å²) in [6.07, 6.45) is 5.08. The van der Waals surface area contributed by atoms with E-state index in [1.54, 1.807) is 60.9 Å². The Kier molecular flexibility index (Phi) is 6.06. The SMILES string of the molecule is COc1ccc(NC(=O)c2cccnc2N(C)C)cc1OCc1ccncc1. The van der Waals surface area contributed by atoms with Crippen molar-refractivity contribution in [2.75, 3.05) is 31.4 Å². The lowest BCUT2D eigenvalue weighted by Gasteiger charge is -2.16. The predicted molar refractivity (Wildman–Crippen MR) is 108 cm³/mol. The molecule has 144 valence electrons. The summed E-state index contributed by atoms with van der Waals surface area (Å²) in [5, 5.41) is 2.89. The second-order valence-corrected chi connectivity index (χ2v) is 6.23. The number of hydrogen-bond acceptors (Lipinski definition) is 6. The number of carbonyl (C=O) groups is 1. The molecule has 0 aliphatic carbocycles. The third kappa shape index (κ3) is 4.56. The van der Waals surface area contributed by atoms with Gasteiger partial charge in [0.05, 0.1) is 12.7 Å². The zero-order valence-corrected chi connectivity index (χ0v) is 16.0. The molecule has 0 saturated heterocycles. The first-order chi connectivity index (χ1) is 13.6. The highest BCUT2D eigenvalue weighted by Crippen LogP contribution is 2.31. The minimum Gasteiger partial charge on any atom is -0.493 e. The van der Waals surface area contributed by atoms with Gasteiger partial charge in [-0.25, -0.2) is 4.98 Å². The Morgan fingerprint density at radius 2 is 1.86 bits per heavy atom. The standard InChI is InChI=1S/C21H22N4O3/c1-25(2)20-17(5-4-10-23-20)21(26)24-16-6-7-18(27-3)19(13-16)28-14-15-8-11-22-12-9-15/h4-13H,14H2,1-3H3,(H,24,26). The van der Waals surface area contributed by atoms with Crippen LogP contribution >= 0.6 is 0 Å². The molecule has 0 radical (unpaired) electrons. The van der Waals surface area contributed by atoms with Gasteiger partial charge in [0.2, 0.25) is 0 Å². The summed E-state index contributed by atoms with van der Waals surface area (Å²) >= 11 is 0. The molecule has 2 aromatic heterocycles. The number of nitrogens with one attached hydrogen (secondary N) is 1. The summed E-state index contributed by atoms with van der Waals surface area (Å²) in [6.45, 7) is 0.365. The van der Waals surface area contributed by atoms with Crippen LogP contribution in [0.4, 0.5) is 11.5 Å². The van der Waals surface area contributed by atoms with Crippen molar-refractivity contribution in [2.45, 2.75) is 6.61 Å². The lowest BCUT2D eigenvalue weighted by atomic mass is 10.2. The van der Waals surface area contributed by atoms with Gasteiger partial charge < -0.3 is 19.7 Å². The maximum atomic E-state index is 12.7. The number of pyridine rings is 2. The Bertz CT molecular complexity index is 945. The van der Waals surface area contributed by atoms with Gasteiger partial charge in [-0.05, 0) is 42.0 Å². The maximum Gasteiger partial charge on any atom is 0.259 e. The van der Waals surface area contributed by atoms with E-state index in [9.17, 15) is 4.79 Å². The largest absolute Gasteiger partial charge is 0.493 e. The van der Waals surface area contributed by atoms with E-state index in [0.29, 0.717) is 35.2 Å². The van der Waals surface area contributed by atoms with Crippen LogP contribution in [0.25, 0.3) is 0 Å². The van der Waals surface area contributed by atoms with Crippen LogP contribution in [0.15, 0.2) is 61.1 Å². The fraction of sp³-hybridized carbons (Fsp3) is 0.190. The number of hydrogen-bond donors (Lipinski definition) is 1. The van der Waals surface area contributed by atoms with Gasteiger partial charge in [0.1, 0.15) is 12.4 Å². The molecule has 0 aliphatic heterocycles. The highest BCUT2D eigenvalue weighted by atomic mass is 16.5. The molecule has 1 aromatic carbocycles. The van der Waals surface area contributed by atoms with E-state index in [1.807, 2.05) is 26.2 Å². The number of amides is 1. The number of benzene rings is 1. The van der Waals surface area contributed by atoms with E-state index in [-0.39, 0.29) is 5.91 Å². The Morgan fingerprint density at radius 3 is 2.57 bits per heavy atom. The zero-order chi connectivity index (χ0) is 19.9. The summed E-state index contributed by atoms with van der Waals surface area (Å²) in [5.41, 5.74) is 2.07. The monoisotopic (exact) mass is 378 g/mol. The average molecular weight is 378 g/mol. The summed E-state index contributed by atoms with van der Waals surface area (Å²) < 4.78 is 11.2. The molecule has 0 spiro atoms. The van der Waals surface area contributed by atoms with Crippen LogP contribution in [0.2, 0.25) is 0 Å². The first kappa shape index (κ1) is 19.2. The van der Waals surface area contributed by atoms with Gasteiger partial charge >= 0.3 is 0 Å². The highest BCUT2D eigenvalue weighted by Gasteiger charge is 2.15. The van der Waals surface area contributed by atoms with Gasteiger partial charge in [-0.15, -0.1) is 0 Å². The third-order valence-electron chi connectivity index (χ3n) is 4.02. The Hall–Kier alpha value is -3.61. The average Bonchev–Trinajstić information content (AvgIpc) is 2.73. The number of anilines is 2. The molecule has 3 aromatic rings. The fourth-order valence-corrected chi connectivity index (χ4v) is 2.64. The summed E-state index contributed by atoms with van der Waals surface area (Å²) in [5.74, 6) is 1.48. The van der Waals surface area contributed by atoms with Crippen molar-refractivity contribution in [1.29, 1.82) is 0 Å². The molecule has 2 heterocycles. The van der Waals surface area contributed by atoms with Crippen LogP contribution in [0.1, 0.15) is 15.9 Å². The van der Waals surface area contributed by atoms with E-state index in [0.717, 1.165) is 5.56 Å². The van der Waals surface area contributed by atoms with Gasteiger partial charge in [-0.2, -0.15) is 0 Å². The predicted octanol–water partition coefficient (Wildman–Crippen LogP) is 3.38. The van der Waals surface area contributed by atoms with Crippen LogP contribution in [0.3, 0.4) is 0 Å². The molecule has 0 fully saturated rings. The molecular weight excluding hydrogens is 356 g/mol. The van der Waals surface area contributed by atoms with Crippen LogP contribution in [-0.4, -0.2) is 37.1 Å². The Labute approximate surface area is 164 Å². The van der Waals surface area contributed by atoms with Crippen molar-refractivity contribution in [3.63, 3.8) is 0 Å². The van der Waals surface area contributed by atoms with Gasteiger partial charge in [-0.3, -0.25) is 9.78 Å². The fourth-order valence-electron chi connectivity index (χ4n) is 2.64. The molecule has 0 bridgehead atoms. The van der Waals surface area contributed by atoms with Crippen molar-refractivity contribution in [3.8, 4) is 11.5 Å². The highest BCUT2D eigenvalue weighted by molar-refractivity contribution is 6.07. The van der Waals surface area contributed by atoms with Crippen LogP contribution in [-0.2, 0) is 6.61 Å². The van der Waals surface area contributed by atoms with Crippen LogP contribution < -0.4 is 19.7 Å². The van der Waals surface area contributed by atoms with Crippen molar-refractivity contribution in [3.05, 3.63) is 72.2 Å². The third-order valence-corrected chi connectivity index (χ3v) is 4.02. The van der Waals surface area contributed by atoms with E-state index in [1.165, 1.54) is 0 Å². The van der Waals surface area contributed by atoms with Crippen molar-refractivity contribution >= 4 is 17.4 Å². The molecule has 7 nitrogen and oxygen atoms in total. The van der Waals surface area contributed by atoms with Gasteiger partial charge in [-0.1, -0.05) is 0 Å². The van der Waals surface area contributed by atoms with Crippen molar-refractivity contribution in [2.24, 2.45) is 0 Å². The lowest BCUT2D eigenvalue weighted by molar-refractivity contribution is 0.102. The molecule has 3 rings (SSSR count). The molecule has 0 atom stereocenters. The van der Waals surface area contributed by atoms with E-state index >= 15 is 0 Å². The molecule has 0 saturated carbocycles. The van der Waals surface area contributed by atoms with E-state index in [4.69, 9.17) is 9.47 Å². The molecule has 1 amide bonds. The first-order valence-electron chi connectivity index (χ1n) is 8.72. The number of methoxy groups -OCH3 is 1. The number of ether oxygens (including phenoxy) is 2. The topological polar surface area (TPSA) is 76.6 Å². The normalized spacial score (nSPS) is 10.2. The van der Waals surface area contributed by atoms with Gasteiger partial charge in [0, 0.05) is 44.4 Å². The minimum atomic E-state index is -0.248. The summed E-state index contributed by atoms with van der Waals surface area (Å²) in [7, 11) is 5.26. The van der Waals surface area contributed by atoms with Crippen molar-refractivity contribution in [1.82, 2.24) is 9.97 Å². The second-order valence-electron chi connectivity index (χ2n) is 6.23. The van der Waals surface area contributed by atoms with Crippen molar-refractivity contribution < 1.29 is 14.3 Å². The van der Waals surface area contributed by atoms with Crippen LogP contribution in [0, 0.1) is 0 Å². The molecule has 0 unspecified atom stereocenters. The zero-order valence-electron chi connectivity index (χ0n) is 16.0. The lowest BCUT2D eigenvalue weighted by Crippen LogP contribution is -2.19. The van der Waals surface area contributed by atoms with Gasteiger partial charge in [0.25, 0.3) is 5.91 Å². The molecule has 0 aliphatic rings. The number of nitrogens with zero attached hydrogens (tertiary/aromatic N) is 3. The number of carbonyl (C=O) groups excluding carboxylic acids is 1. The van der Waals surface area contributed by atoms with Crippen LogP contribution in [0.5, 0.6) is 11.5 Å². The Balaban J connectivity index is 1.78. The smallest absolute Gasteiger partial charge is 0.259 e. The first-order valence-corrected chi connectivity index (χ1v) is 8.72. The second kappa shape index (κ2) is 8.85. The van der Waals surface area contributed by atoms with Gasteiger partial charge in [0.15, 0.2) is 11.5 Å². The number of rotatable bonds is 7. The molecule has 28 heavy (non-hydrogen) atoms. The van der Waals surface area contributed by atoms with E-state index in [2.05, 4.69) is 15.3 Å². The Morgan fingerprint density at radius 1 is 1.07 bits per heavy atom. The summed E-state index contributed by atoms with van der Waals surface area (Å²) in [4.78, 5) is 22.8. The molecule has 1 N–H and O–H groups in total. The minimum absolute atomic E-state index is 0.248. The molecular formula is C21H22N4O3. The van der Waals surface area contributed by atoms with E-state index < -0.39 is 0 Å². The quantitative estimate of drug-likeness (QED) is 0.679. The summed E-state index contributed by atoms with van der Waals surface area (Å²) in [6, 6.07) is 12.5. The molecule has 7 heteroatoms. The maximum absolute atomic E-state index is 12.7. The number of aromatic nitrogens is 2.